The van der Waals surface area contributed by atoms with Gasteiger partial charge in [0.2, 0.25) is 0 Å². The Labute approximate surface area is 139 Å². The molecule has 25 heavy (non-hydrogen) atoms. The number of benzene rings is 1. The lowest BCUT2D eigenvalue weighted by Crippen LogP contribution is -2.36. The Morgan fingerprint density at radius 1 is 1.36 bits per heavy atom. The molecule has 0 aliphatic heterocycles. The normalized spacial score (nSPS) is 11.8. The summed E-state index contributed by atoms with van der Waals surface area (Å²) in [6, 6.07) is 9.39. The van der Waals surface area contributed by atoms with E-state index in [0.717, 1.165) is 0 Å². The zero-order valence-electron chi connectivity index (χ0n) is 13.0. The second-order valence-electron chi connectivity index (χ2n) is 5.24. The van der Waals surface area contributed by atoms with Crippen LogP contribution in [0.15, 0.2) is 29.1 Å². The van der Waals surface area contributed by atoms with Crippen molar-refractivity contribution in [2.24, 2.45) is 0 Å². The van der Waals surface area contributed by atoms with Crippen molar-refractivity contribution in [2.45, 2.75) is 6.92 Å². The molecule has 0 saturated carbocycles. The number of nitriles is 1. The van der Waals surface area contributed by atoms with Crippen LogP contribution in [-0.2, 0) is 0 Å². The Morgan fingerprint density at radius 2 is 2.20 bits per heavy atom. The van der Waals surface area contributed by atoms with Gasteiger partial charge in [-0.25, -0.2) is 4.98 Å². The molecular formula is C15H11N9O. The standard InChI is InChI=1S/C15H11N9O/c1-8-9(6-16)13-18-11-4-2-3-5-12(11)24(13)14(25)10(8)7-17-19-15-20-22-23-21-15/h2-5,7,17H,1H3,(H2,19,20,21,22,23)/b10-7+. The summed E-state index contributed by atoms with van der Waals surface area (Å²) in [5.41, 5.74) is 7.70. The van der Waals surface area contributed by atoms with Crippen LogP contribution in [0.25, 0.3) is 22.9 Å². The molecule has 4 rings (SSSR count). The predicted molar refractivity (Wildman–Crippen MR) is 89.0 cm³/mol. The minimum atomic E-state index is -0.275. The summed E-state index contributed by atoms with van der Waals surface area (Å²) in [6.45, 7) is 1.71. The number of para-hydroxylation sites is 2. The van der Waals surface area contributed by atoms with E-state index in [4.69, 9.17) is 0 Å². The van der Waals surface area contributed by atoms with Gasteiger partial charge in [0.15, 0.2) is 5.65 Å². The van der Waals surface area contributed by atoms with Crippen LogP contribution in [0.2, 0.25) is 0 Å². The summed E-state index contributed by atoms with van der Waals surface area (Å²) in [7, 11) is 0. The van der Waals surface area contributed by atoms with Gasteiger partial charge in [0.1, 0.15) is 6.07 Å². The molecule has 0 unspecified atom stereocenters. The highest BCUT2D eigenvalue weighted by Gasteiger charge is 2.15. The zero-order valence-corrected chi connectivity index (χ0v) is 13.0. The van der Waals surface area contributed by atoms with Gasteiger partial charge >= 0.3 is 0 Å². The maximum Gasteiger partial charge on any atom is 0.281 e. The molecular weight excluding hydrogens is 322 g/mol. The third-order valence-corrected chi connectivity index (χ3v) is 3.85. The molecule has 3 heterocycles. The minimum Gasteiger partial charge on any atom is -0.305 e. The van der Waals surface area contributed by atoms with Crippen LogP contribution in [0.1, 0.15) is 11.1 Å². The summed E-state index contributed by atoms with van der Waals surface area (Å²) in [6.07, 6.45) is 1.46. The molecule has 0 spiro atoms. The van der Waals surface area contributed by atoms with Crippen LogP contribution in [0.3, 0.4) is 0 Å². The number of tetrazole rings is 1. The van der Waals surface area contributed by atoms with E-state index in [1.807, 2.05) is 12.1 Å². The smallest absolute Gasteiger partial charge is 0.281 e. The summed E-state index contributed by atoms with van der Waals surface area (Å²) >= 11 is 0. The molecule has 0 amide bonds. The SMILES string of the molecule is Cc1c(C#N)c2nc3ccccc3n2c(=O)/c1=C/NNc1nn[nH]n1. The topological polar surface area (TPSA) is 137 Å². The highest BCUT2D eigenvalue weighted by atomic mass is 16.1. The van der Waals surface area contributed by atoms with Gasteiger partial charge in [-0.2, -0.15) is 10.5 Å². The number of nitrogens with zero attached hydrogens (tertiary/aromatic N) is 6. The van der Waals surface area contributed by atoms with Crippen LogP contribution >= 0.6 is 0 Å². The van der Waals surface area contributed by atoms with Gasteiger partial charge in [-0.1, -0.05) is 17.2 Å². The molecule has 3 N–H and O–H groups in total. The van der Waals surface area contributed by atoms with Crippen LogP contribution in [0, 0.1) is 18.3 Å². The first-order chi connectivity index (χ1) is 12.2. The zero-order chi connectivity index (χ0) is 17.4. The van der Waals surface area contributed by atoms with Gasteiger partial charge in [0, 0.05) is 6.20 Å². The maximum atomic E-state index is 12.9. The Kier molecular flexibility index (Phi) is 3.25. The number of imidazole rings is 1. The first kappa shape index (κ1) is 14.6. The van der Waals surface area contributed by atoms with E-state index in [9.17, 15) is 10.1 Å². The molecule has 4 aromatic rings. The molecule has 1 aromatic carbocycles. The minimum absolute atomic E-state index is 0.219. The first-order valence-electron chi connectivity index (χ1n) is 7.29. The number of hydrogen-bond acceptors (Lipinski definition) is 8. The summed E-state index contributed by atoms with van der Waals surface area (Å²) in [5.74, 6) is 0.219. The van der Waals surface area contributed by atoms with Crippen LogP contribution in [0.4, 0.5) is 5.95 Å². The maximum absolute atomic E-state index is 12.9. The molecule has 0 bridgehead atoms. The van der Waals surface area contributed by atoms with Crippen molar-refractivity contribution in [1.82, 2.24) is 35.4 Å². The van der Waals surface area contributed by atoms with Crippen LogP contribution < -0.4 is 21.6 Å². The molecule has 0 aliphatic carbocycles. The van der Waals surface area contributed by atoms with E-state index in [-0.39, 0.29) is 11.5 Å². The van der Waals surface area contributed by atoms with Crippen molar-refractivity contribution in [3.05, 3.63) is 51.0 Å². The van der Waals surface area contributed by atoms with E-state index >= 15 is 0 Å². The Balaban J connectivity index is 1.96. The molecule has 0 saturated heterocycles. The monoisotopic (exact) mass is 333 g/mol. The van der Waals surface area contributed by atoms with Gasteiger partial charge in [-0.15, -0.1) is 5.10 Å². The van der Waals surface area contributed by atoms with Crippen molar-refractivity contribution >= 4 is 28.8 Å². The molecule has 0 fully saturated rings. The lowest BCUT2D eigenvalue weighted by molar-refractivity contribution is 0.881. The number of fused-ring (bicyclic) bond motifs is 3. The Hall–Kier alpha value is -4.00. The average molecular weight is 333 g/mol. The second kappa shape index (κ2) is 5.57. The number of pyridine rings is 1. The van der Waals surface area contributed by atoms with Crippen molar-refractivity contribution in [1.29, 1.82) is 5.26 Å². The fraction of sp³-hybridized carbons (Fsp3) is 0.0667. The van der Waals surface area contributed by atoms with Crippen molar-refractivity contribution in [3.63, 3.8) is 0 Å². The lowest BCUT2D eigenvalue weighted by Gasteiger charge is -2.04. The number of anilines is 1. The number of hydrogen-bond donors (Lipinski definition) is 3. The molecule has 10 nitrogen and oxygen atoms in total. The largest absolute Gasteiger partial charge is 0.305 e. The van der Waals surface area contributed by atoms with Gasteiger partial charge in [0.25, 0.3) is 11.5 Å². The second-order valence-corrected chi connectivity index (χ2v) is 5.24. The van der Waals surface area contributed by atoms with E-state index in [1.54, 1.807) is 19.1 Å². The third-order valence-electron chi connectivity index (χ3n) is 3.85. The number of H-pyrrole nitrogens is 1. The number of nitrogens with one attached hydrogen (secondary N) is 3. The number of hydrazine groups is 1. The first-order valence-corrected chi connectivity index (χ1v) is 7.29. The van der Waals surface area contributed by atoms with Gasteiger partial charge in [0.05, 0.1) is 21.8 Å². The molecule has 10 heteroatoms. The fourth-order valence-corrected chi connectivity index (χ4v) is 2.67. The molecule has 3 aromatic heterocycles. The predicted octanol–water partition coefficient (Wildman–Crippen LogP) is -0.386. The summed E-state index contributed by atoms with van der Waals surface area (Å²) < 4.78 is 1.45. The van der Waals surface area contributed by atoms with E-state index in [2.05, 4.69) is 42.5 Å². The van der Waals surface area contributed by atoms with Crippen molar-refractivity contribution < 1.29 is 0 Å². The Bertz CT molecular complexity index is 1230. The van der Waals surface area contributed by atoms with E-state index in [0.29, 0.717) is 33.0 Å². The highest BCUT2D eigenvalue weighted by molar-refractivity contribution is 5.82. The van der Waals surface area contributed by atoms with Crippen LogP contribution in [-0.4, -0.2) is 30.0 Å². The quantitative estimate of drug-likeness (QED) is 0.431. The number of rotatable bonds is 3. The average Bonchev–Trinajstić information content (AvgIpc) is 3.25. The van der Waals surface area contributed by atoms with Crippen LogP contribution in [0.5, 0.6) is 0 Å². The van der Waals surface area contributed by atoms with Gasteiger partial charge in [-0.05, 0) is 29.8 Å². The van der Waals surface area contributed by atoms with Gasteiger partial charge in [-0.3, -0.25) is 14.6 Å². The molecule has 122 valence electrons. The van der Waals surface area contributed by atoms with E-state index < -0.39 is 0 Å². The van der Waals surface area contributed by atoms with E-state index in [1.165, 1.54) is 10.6 Å². The highest BCUT2D eigenvalue weighted by Crippen LogP contribution is 2.17. The number of aromatic nitrogens is 6. The van der Waals surface area contributed by atoms with Gasteiger partial charge < -0.3 is 5.43 Å². The van der Waals surface area contributed by atoms with Crippen molar-refractivity contribution in [3.8, 4) is 6.07 Å². The summed E-state index contributed by atoms with van der Waals surface area (Å²) in [4.78, 5) is 17.4. The molecule has 0 atom stereocenters. The summed E-state index contributed by atoms with van der Waals surface area (Å²) in [5, 5.41) is 23.0. The fourth-order valence-electron chi connectivity index (χ4n) is 2.67. The van der Waals surface area contributed by atoms with Crippen molar-refractivity contribution in [2.75, 3.05) is 5.43 Å². The lowest BCUT2D eigenvalue weighted by atomic mass is 10.1. The molecule has 0 radical (unpaired) electrons. The number of aromatic amines is 1. The Morgan fingerprint density at radius 3 is 2.96 bits per heavy atom. The third kappa shape index (κ3) is 2.22. The molecule has 0 aliphatic rings.